The first-order valence-electron chi connectivity index (χ1n) is 12.5. The summed E-state index contributed by atoms with van der Waals surface area (Å²) >= 11 is 0. The molecule has 5 nitrogen and oxygen atoms in total. The van der Waals surface area contributed by atoms with Gasteiger partial charge in [-0.3, -0.25) is 0 Å². The lowest BCUT2D eigenvalue weighted by atomic mass is 9.93. The molecule has 1 aliphatic rings. The number of esters is 1. The Morgan fingerprint density at radius 1 is 0.971 bits per heavy atom. The summed E-state index contributed by atoms with van der Waals surface area (Å²) in [5.41, 5.74) is 4.80. The molecule has 0 bridgehead atoms. The lowest BCUT2D eigenvalue weighted by Gasteiger charge is -2.26. The number of aromatic nitrogens is 1. The van der Waals surface area contributed by atoms with Crippen molar-refractivity contribution in [1.29, 1.82) is 0 Å². The number of benzene rings is 3. The van der Waals surface area contributed by atoms with Gasteiger partial charge in [0, 0.05) is 34.6 Å². The van der Waals surface area contributed by atoms with E-state index in [-0.39, 0.29) is 5.97 Å². The minimum absolute atomic E-state index is 0.281. The average Bonchev–Trinajstić information content (AvgIpc) is 3.17. The van der Waals surface area contributed by atoms with Crippen molar-refractivity contribution in [3.63, 3.8) is 0 Å². The van der Waals surface area contributed by atoms with Crippen LogP contribution in [0.15, 0.2) is 78.9 Å². The van der Waals surface area contributed by atoms with Gasteiger partial charge in [0.05, 0.1) is 13.2 Å². The monoisotopic (exact) mass is 468 g/mol. The van der Waals surface area contributed by atoms with E-state index in [0.717, 1.165) is 33.3 Å². The second-order valence-electron chi connectivity index (χ2n) is 9.04. The highest BCUT2D eigenvalue weighted by atomic mass is 16.5. The van der Waals surface area contributed by atoms with E-state index in [9.17, 15) is 4.79 Å². The maximum atomic E-state index is 13.3. The summed E-state index contributed by atoms with van der Waals surface area (Å²) in [5, 5.41) is 4.73. The number of fused-ring (bicyclic) bond motifs is 1. The Morgan fingerprint density at radius 2 is 1.71 bits per heavy atom. The SMILES string of the molecule is CCOC(=O)c1c(CNC2CCC2)c2ccccc2n1Cc1ccccc1OCc1ccccc1. The molecule has 1 N–H and O–H groups in total. The van der Waals surface area contributed by atoms with E-state index in [1.54, 1.807) is 0 Å². The topological polar surface area (TPSA) is 52.5 Å². The Bertz CT molecular complexity index is 1290. The van der Waals surface area contributed by atoms with Crippen LogP contribution in [0.25, 0.3) is 10.9 Å². The van der Waals surface area contributed by atoms with Crippen LogP contribution in [0.3, 0.4) is 0 Å². The number of para-hydroxylation sites is 2. The first-order valence-corrected chi connectivity index (χ1v) is 12.5. The summed E-state index contributed by atoms with van der Waals surface area (Å²) in [5.74, 6) is 0.537. The Kier molecular flexibility index (Phi) is 7.15. The molecule has 35 heavy (non-hydrogen) atoms. The van der Waals surface area contributed by atoms with E-state index in [1.165, 1.54) is 19.3 Å². The van der Waals surface area contributed by atoms with Crippen LogP contribution in [0.5, 0.6) is 5.75 Å². The van der Waals surface area contributed by atoms with Gasteiger partial charge in [0.25, 0.3) is 0 Å². The zero-order valence-electron chi connectivity index (χ0n) is 20.2. The molecule has 1 aliphatic carbocycles. The zero-order valence-corrected chi connectivity index (χ0v) is 20.2. The molecule has 3 aromatic carbocycles. The fraction of sp³-hybridized carbons (Fsp3) is 0.300. The highest BCUT2D eigenvalue weighted by molar-refractivity contribution is 5.99. The molecule has 0 spiro atoms. The Morgan fingerprint density at radius 3 is 2.49 bits per heavy atom. The number of carbonyl (C=O) groups is 1. The van der Waals surface area contributed by atoms with Gasteiger partial charge in [0.1, 0.15) is 18.1 Å². The number of rotatable bonds is 10. The molecule has 5 heteroatoms. The van der Waals surface area contributed by atoms with E-state index < -0.39 is 0 Å². The van der Waals surface area contributed by atoms with Gasteiger partial charge in [-0.15, -0.1) is 0 Å². The molecule has 1 fully saturated rings. The fourth-order valence-electron chi connectivity index (χ4n) is 4.69. The van der Waals surface area contributed by atoms with Crippen molar-refractivity contribution in [2.24, 2.45) is 0 Å². The molecule has 0 radical (unpaired) electrons. The van der Waals surface area contributed by atoms with E-state index >= 15 is 0 Å². The summed E-state index contributed by atoms with van der Waals surface area (Å²) < 4.78 is 13.9. The maximum absolute atomic E-state index is 13.3. The molecule has 5 rings (SSSR count). The first-order chi connectivity index (χ1) is 17.2. The number of hydrogen-bond acceptors (Lipinski definition) is 4. The highest BCUT2D eigenvalue weighted by Gasteiger charge is 2.26. The predicted octanol–water partition coefficient (Wildman–Crippen LogP) is 6.09. The van der Waals surface area contributed by atoms with Crippen molar-refractivity contribution in [1.82, 2.24) is 9.88 Å². The van der Waals surface area contributed by atoms with Crippen molar-refractivity contribution < 1.29 is 14.3 Å². The second kappa shape index (κ2) is 10.8. The quantitative estimate of drug-likeness (QED) is 0.286. The molecule has 0 amide bonds. The summed E-state index contributed by atoms with van der Waals surface area (Å²) in [6.45, 7) is 3.85. The number of ether oxygens (including phenoxy) is 2. The van der Waals surface area contributed by atoms with Crippen LogP contribution in [0, 0.1) is 0 Å². The van der Waals surface area contributed by atoms with Gasteiger partial charge in [-0.05, 0) is 37.5 Å². The largest absolute Gasteiger partial charge is 0.489 e. The number of carbonyl (C=O) groups excluding carboxylic acids is 1. The molecule has 1 aromatic heterocycles. The average molecular weight is 469 g/mol. The van der Waals surface area contributed by atoms with Crippen molar-refractivity contribution in [2.75, 3.05) is 6.61 Å². The summed E-state index contributed by atoms with van der Waals surface area (Å²) in [6, 6.07) is 27.0. The number of hydrogen-bond donors (Lipinski definition) is 1. The smallest absolute Gasteiger partial charge is 0.355 e. The van der Waals surface area contributed by atoms with Gasteiger partial charge in [0.2, 0.25) is 0 Å². The van der Waals surface area contributed by atoms with Crippen LogP contribution < -0.4 is 10.1 Å². The molecule has 0 atom stereocenters. The van der Waals surface area contributed by atoms with Crippen LogP contribution in [-0.2, 0) is 24.4 Å². The van der Waals surface area contributed by atoms with Crippen LogP contribution in [0.2, 0.25) is 0 Å². The molecule has 0 unspecified atom stereocenters. The standard InChI is InChI=1S/C30H32N2O3/c1-2-34-30(33)29-26(19-31-24-14-10-15-24)25-16-7-8-17-27(25)32(29)20-23-13-6-9-18-28(23)35-21-22-11-4-3-5-12-22/h3-9,11-13,16-18,24,31H,2,10,14-15,19-21H2,1H3. The molecule has 1 heterocycles. The van der Waals surface area contributed by atoms with E-state index in [2.05, 4.69) is 40.2 Å². The molecule has 0 saturated heterocycles. The van der Waals surface area contributed by atoms with Crippen molar-refractivity contribution in [3.8, 4) is 5.75 Å². The Hall–Kier alpha value is -3.57. The van der Waals surface area contributed by atoms with Crippen molar-refractivity contribution in [3.05, 3.63) is 101 Å². The lowest BCUT2D eigenvalue weighted by molar-refractivity contribution is 0.0513. The van der Waals surface area contributed by atoms with Gasteiger partial charge in [-0.1, -0.05) is 73.2 Å². The fourth-order valence-corrected chi connectivity index (χ4v) is 4.69. The van der Waals surface area contributed by atoms with Gasteiger partial charge in [0.15, 0.2) is 0 Å². The minimum Gasteiger partial charge on any atom is -0.489 e. The predicted molar refractivity (Wildman–Crippen MR) is 139 cm³/mol. The highest BCUT2D eigenvalue weighted by Crippen LogP contribution is 2.31. The molecular formula is C30H32N2O3. The minimum atomic E-state index is -0.281. The van der Waals surface area contributed by atoms with Crippen molar-refractivity contribution in [2.45, 2.75) is 51.9 Å². The lowest BCUT2D eigenvalue weighted by Crippen LogP contribution is -2.35. The third-order valence-corrected chi connectivity index (χ3v) is 6.76. The third-order valence-electron chi connectivity index (χ3n) is 6.76. The molecular weight excluding hydrogens is 436 g/mol. The van der Waals surface area contributed by atoms with Crippen LogP contribution >= 0.6 is 0 Å². The van der Waals surface area contributed by atoms with Gasteiger partial charge < -0.3 is 19.4 Å². The summed E-state index contributed by atoms with van der Waals surface area (Å²) in [6.07, 6.45) is 3.66. The van der Waals surface area contributed by atoms with Crippen LogP contribution in [0.1, 0.15) is 53.4 Å². The van der Waals surface area contributed by atoms with Gasteiger partial charge in [-0.25, -0.2) is 4.79 Å². The Balaban J connectivity index is 1.51. The van der Waals surface area contributed by atoms with Gasteiger partial charge in [-0.2, -0.15) is 0 Å². The number of nitrogens with one attached hydrogen (secondary N) is 1. The molecule has 1 saturated carbocycles. The third kappa shape index (κ3) is 5.10. The summed E-state index contributed by atoms with van der Waals surface area (Å²) in [4.78, 5) is 13.3. The number of nitrogens with zero attached hydrogens (tertiary/aromatic N) is 1. The van der Waals surface area contributed by atoms with E-state index in [0.29, 0.717) is 38.0 Å². The summed E-state index contributed by atoms with van der Waals surface area (Å²) in [7, 11) is 0. The normalized spacial score (nSPS) is 13.5. The van der Waals surface area contributed by atoms with Crippen LogP contribution in [-0.4, -0.2) is 23.2 Å². The first kappa shape index (κ1) is 23.2. The molecule has 0 aliphatic heterocycles. The molecule has 180 valence electrons. The van der Waals surface area contributed by atoms with E-state index in [4.69, 9.17) is 9.47 Å². The Labute approximate surface area is 206 Å². The zero-order chi connectivity index (χ0) is 24.0. The van der Waals surface area contributed by atoms with Crippen molar-refractivity contribution >= 4 is 16.9 Å². The van der Waals surface area contributed by atoms with Crippen LogP contribution in [0.4, 0.5) is 0 Å². The van der Waals surface area contributed by atoms with Gasteiger partial charge >= 0.3 is 5.97 Å². The van der Waals surface area contributed by atoms with E-state index in [1.807, 2.05) is 55.5 Å². The maximum Gasteiger partial charge on any atom is 0.355 e. The molecule has 4 aromatic rings. The second-order valence-corrected chi connectivity index (χ2v) is 9.04.